The van der Waals surface area contributed by atoms with Crippen LogP contribution in [0.3, 0.4) is 0 Å². The monoisotopic (exact) mass is 338 g/mol. The molecule has 1 aromatic rings. The van der Waals surface area contributed by atoms with Crippen LogP contribution in [-0.4, -0.2) is 35.7 Å². The van der Waals surface area contributed by atoms with Crippen LogP contribution in [0.15, 0.2) is 34.2 Å². The third-order valence-corrected chi connectivity index (χ3v) is 4.70. The number of amidine groups is 1. The molecule has 0 N–H and O–H groups in total. The van der Waals surface area contributed by atoms with Gasteiger partial charge in [0.2, 0.25) is 0 Å². The number of alkyl halides is 2. The lowest BCUT2D eigenvalue weighted by molar-refractivity contribution is -0.113. The first kappa shape index (κ1) is 16.0. The fourth-order valence-corrected chi connectivity index (χ4v) is 3.52. The summed E-state index contributed by atoms with van der Waals surface area (Å²) in [5, 5.41) is 0.702. The standard InChI is InChI=1S/C16H16F2N2O2S/c17-15(18)22-12-7-3-2-6-11(12)10-13-14(21)19-16(23-13)20-8-4-1-5-9-20/h2-3,6-7,10,15H,1,4-5,8-9H2/b13-10-. The van der Waals surface area contributed by atoms with Crippen LogP contribution in [-0.2, 0) is 4.79 Å². The van der Waals surface area contributed by atoms with Crippen molar-refractivity contribution >= 4 is 28.9 Å². The molecule has 0 aliphatic carbocycles. The van der Waals surface area contributed by atoms with Crippen LogP contribution >= 0.6 is 11.8 Å². The molecule has 1 amide bonds. The number of nitrogens with zero attached hydrogens (tertiary/aromatic N) is 2. The lowest BCUT2D eigenvalue weighted by Crippen LogP contribution is -2.33. The van der Waals surface area contributed by atoms with Crippen LogP contribution in [0.4, 0.5) is 8.78 Å². The Kier molecular flexibility index (Phi) is 4.95. The molecule has 0 radical (unpaired) electrons. The lowest BCUT2D eigenvalue weighted by atomic mass is 10.1. The van der Waals surface area contributed by atoms with E-state index in [0.717, 1.165) is 25.9 Å². The molecule has 122 valence electrons. The Morgan fingerprint density at radius 2 is 1.96 bits per heavy atom. The maximum Gasteiger partial charge on any atom is 0.387 e. The van der Waals surface area contributed by atoms with E-state index in [9.17, 15) is 13.6 Å². The van der Waals surface area contributed by atoms with Gasteiger partial charge in [0.1, 0.15) is 5.75 Å². The number of para-hydroxylation sites is 1. The highest BCUT2D eigenvalue weighted by atomic mass is 32.2. The van der Waals surface area contributed by atoms with Crippen molar-refractivity contribution in [1.29, 1.82) is 0 Å². The molecule has 4 nitrogen and oxygen atoms in total. The number of piperidine rings is 1. The molecule has 0 aromatic heterocycles. The zero-order valence-corrected chi connectivity index (χ0v) is 13.2. The van der Waals surface area contributed by atoms with Gasteiger partial charge in [0.05, 0.1) is 4.91 Å². The Bertz CT molecular complexity index is 655. The maximum absolute atomic E-state index is 12.5. The van der Waals surface area contributed by atoms with Crippen molar-refractivity contribution in [2.24, 2.45) is 4.99 Å². The van der Waals surface area contributed by atoms with E-state index in [2.05, 4.69) is 14.6 Å². The van der Waals surface area contributed by atoms with E-state index >= 15 is 0 Å². The maximum atomic E-state index is 12.5. The van der Waals surface area contributed by atoms with Crippen molar-refractivity contribution < 1.29 is 18.3 Å². The Morgan fingerprint density at radius 3 is 2.70 bits per heavy atom. The highest BCUT2D eigenvalue weighted by Crippen LogP contribution is 2.33. The third-order valence-electron chi connectivity index (χ3n) is 3.66. The molecule has 7 heteroatoms. The number of carbonyl (C=O) groups is 1. The van der Waals surface area contributed by atoms with Gasteiger partial charge in [0.15, 0.2) is 5.17 Å². The summed E-state index contributed by atoms with van der Waals surface area (Å²) in [6.45, 7) is -1.10. The lowest BCUT2D eigenvalue weighted by Gasteiger charge is -2.27. The van der Waals surface area contributed by atoms with Gasteiger partial charge in [-0.15, -0.1) is 0 Å². The summed E-state index contributed by atoms with van der Waals surface area (Å²) in [6, 6.07) is 6.41. The van der Waals surface area contributed by atoms with Crippen LogP contribution < -0.4 is 4.74 Å². The van der Waals surface area contributed by atoms with Crippen molar-refractivity contribution in [2.75, 3.05) is 13.1 Å². The van der Waals surface area contributed by atoms with Gasteiger partial charge in [0.25, 0.3) is 5.91 Å². The molecule has 1 aromatic carbocycles. The van der Waals surface area contributed by atoms with Gasteiger partial charge in [0, 0.05) is 18.7 Å². The highest BCUT2D eigenvalue weighted by molar-refractivity contribution is 8.18. The first-order chi connectivity index (χ1) is 11.1. The molecule has 23 heavy (non-hydrogen) atoms. The quantitative estimate of drug-likeness (QED) is 0.787. The number of rotatable bonds is 3. The molecule has 0 bridgehead atoms. The van der Waals surface area contributed by atoms with Crippen LogP contribution in [0.2, 0.25) is 0 Å². The van der Waals surface area contributed by atoms with Crippen molar-refractivity contribution in [1.82, 2.24) is 4.90 Å². The zero-order chi connectivity index (χ0) is 16.2. The SMILES string of the molecule is O=C1N=C(N2CCCCC2)S/C1=C\c1ccccc1OC(F)F. The molecule has 1 saturated heterocycles. The highest BCUT2D eigenvalue weighted by Gasteiger charge is 2.27. The molecule has 2 aliphatic heterocycles. The van der Waals surface area contributed by atoms with Crippen LogP contribution in [0.5, 0.6) is 5.75 Å². The van der Waals surface area contributed by atoms with Crippen LogP contribution in [0.25, 0.3) is 6.08 Å². The minimum atomic E-state index is -2.90. The second-order valence-corrected chi connectivity index (χ2v) is 6.28. The van der Waals surface area contributed by atoms with Crippen LogP contribution in [0.1, 0.15) is 24.8 Å². The second-order valence-electron chi connectivity index (χ2n) is 5.27. The fourth-order valence-electron chi connectivity index (χ4n) is 2.56. The van der Waals surface area contributed by atoms with Gasteiger partial charge in [-0.25, -0.2) is 0 Å². The van der Waals surface area contributed by atoms with E-state index in [1.54, 1.807) is 24.3 Å². The molecule has 3 rings (SSSR count). The van der Waals surface area contributed by atoms with Gasteiger partial charge >= 0.3 is 6.61 Å². The Balaban J connectivity index is 1.78. The molecule has 0 saturated carbocycles. The summed E-state index contributed by atoms with van der Waals surface area (Å²) >= 11 is 1.29. The summed E-state index contributed by atoms with van der Waals surface area (Å²) < 4.78 is 29.4. The van der Waals surface area contributed by atoms with E-state index < -0.39 is 6.61 Å². The van der Waals surface area contributed by atoms with Gasteiger partial charge in [-0.3, -0.25) is 4.79 Å². The largest absolute Gasteiger partial charge is 0.434 e. The number of amides is 1. The molecule has 1 fully saturated rings. The Labute approximate surface area is 137 Å². The molecule has 0 spiro atoms. The van der Waals surface area contributed by atoms with Crippen LogP contribution in [0, 0.1) is 0 Å². The third kappa shape index (κ3) is 3.90. The Hall–Kier alpha value is -1.89. The number of likely N-dealkylation sites (tertiary alicyclic amines) is 1. The topological polar surface area (TPSA) is 41.9 Å². The van der Waals surface area contributed by atoms with Gasteiger partial charge < -0.3 is 9.64 Å². The van der Waals surface area contributed by atoms with E-state index in [0.29, 0.717) is 15.6 Å². The van der Waals surface area contributed by atoms with Gasteiger partial charge in [-0.2, -0.15) is 13.8 Å². The van der Waals surface area contributed by atoms with Gasteiger partial charge in [-0.05, 0) is 43.2 Å². The fraction of sp³-hybridized carbons (Fsp3) is 0.375. The number of aliphatic imine (C=N–C) groups is 1. The summed E-state index contributed by atoms with van der Waals surface area (Å²) in [7, 11) is 0. The summed E-state index contributed by atoms with van der Waals surface area (Å²) in [6.07, 6.45) is 4.95. The van der Waals surface area contributed by atoms with E-state index in [-0.39, 0.29) is 11.7 Å². The molecule has 2 heterocycles. The van der Waals surface area contributed by atoms with Crippen molar-refractivity contribution in [3.8, 4) is 5.75 Å². The number of halogens is 2. The second kappa shape index (κ2) is 7.12. The number of ether oxygens (including phenoxy) is 1. The minimum absolute atomic E-state index is 0.0508. The van der Waals surface area contributed by atoms with Crippen molar-refractivity contribution in [3.63, 3.8) is 0 Å². The minimum Gasteiger partial charge on any atom is -0.434 e. The first-order valence-corrected chi connectivity index (χ1v) is 8.26. The molecule has 0 unspecified atom stereocenters. The first-order valence-electron chi connectivity index (χ1n) is 7.45. The normalized spacial score (nSPS) is 20.3. The van der Waals surface area contributed by atoms with E-state index in [1.165, 1.54) is 24.2 Å². The summed E-state index contributed by atoms with van der Waals surface area (Å²) in [5.74, 6) is -0.280. The van der Waals surface area contributed by atoms with E-state index in [4.69, 9.17) is 0 Å². The predicted molar refractivity (Wildman–Crippen MR) is 86.5 cm³/mol. The molecular formula is C16H16F2N2O2S. The van der Waals surface area contributed by atoms with Crippen molar-refractivity contribution in [3.05, 3.63) is 34.7 Å². The number of thioether (sulfide) groups is 1. The smallest absolute Gasteiger partial charge is 0.387 e. The Morgan fingerprint density at radius 1 is 1.22 bits per heavy atom. The molecule has 0 atom stereocenters. The predicted octanol–water partition coefficient (Wildman–Crippen LogP) is 3.74. The summed E-state index contributed by atoms with van der Waals surface area (Å²) in [5.41, 5.74) is 0.443. The van der Waals surface area contributed by atoms with Crippen molar-refractivity contribution in [2.45, 2.75) is 25.9 Å². The van der Waals surface area contributed by atoms with E-state index in [1.807, 2.05) is 0 Å². The number of hydrogen-bond donors (Lipinski definition) is 0. The number of carbonyl (C=O) groups excluding carboxylic acids is 1. The molecular weight excluding hydrogens is 322 g/mol. The molecule has 2 aliphatic rings. The zero-order valence-electron chi connectivity index (χ0n) is 12.4. The average molecular weight is 338 g/mol. The average Bonchev–Trinajstić information content (AvgIpc) is 2.91. The number of hydrogen-bond acceptors (Lipinski definition) is 4. The number of benzene rings is 1. The van der Waals surface area contributed by atoms with Gasteiger partial charge in [-0.1, -0.05) is 18.2 Å². The summed E-state index contributed by atoms with van der Waals surface area (Å²) in [4.78, 5) is 18.7.